The average Bonchev–Trinajstić information content (AvgIpc) is 4.07. The maximum absolute atomic E-state index is 13.8. The highest BCUT2D eigenvalue weighted by atomic mass is 16.5. The Morgan fingerprint density at radius 1 is 1.09 bits per heavy atom. The van der Waals surface area contributed by atoms with Crippen LogP contribution in [0.25, 0.3) is 5.57 Å². The molecule has 8 atom stereocenters. The number of carbonyl (C=O) groups is 2. The number of aromatic amines is 1. The average molecular weight is 782 g/mol. The zero-order chi connectivity index (χ0) is 40.1. The number of aryl methyl sites for hydroxylation is 1. The first-order valence-corrected chi connectivity index (χ1v) is 21.9. The van der Waals surface area contributed by atoms with E-state index in [1.54, 1.807) is 0 Å². The molecular weight excluding hydrogens is 715 g/mol. The monoisotopic (exact) mass is 782 g/mol. The highest BCUT2D eigenvalue weighted by molar-refractivity contribution is 5.88. The highest BCUT2D eigenvalue weighted by Crippen LogP contribution is 2.40. The van der Waals surface area contributed by atoms with Crippen LogP contribution in [0.1, 0.15) is 127 Å². The normalized spacial score (nSPS) is 27.4. The van der Waals surface area contributed by atoms with Crippen LogP contribution in [-0.2, 0) is 20.7 Å². The van der Waals surface area contributed by atoms with E-state index in [-0.39, 0.29) is 42.1 Å². The molecule has 57 heavy (non-hydrogen) atoms. The van der Waals surface area contributed by atoms with Gasteiger partial charge in [0.25, 0.3) is 0 Å². The van der Waals surface area contributed by atoms with Crippen molar-refractivity contribution >= 4 is 23.3 Å². The largest absolute Gasteiger partial charge is 0.453 e. The van der Waals surface area contributed by atoms with E-state index in [4.69, 9.17) is 19.5 Å². The molecule has 3 N–H and O–H groups in total. The number of methoxy groups -OCH3 is 1. The fourth-order valence-corrected chi connectivity index (χ4v) is 9.94. The summed E-state index contributed by atoms with van der Waals surface area (Å²) in [5, 5.41) is 6.82. The standard InChI is InChI=1S/C46H67N7O4/c1-7-29(2)39(50-46(55)56-6)26-52-23-11-15-40(52)43-47-25-36(48-43)20-18-34-27-57-28-35-19-22-38-42(37(35)21-17-30(3)31(34)4)51-44(49-38)41-16-12-24-53(41)45(54)32(5)33-13-9-8-10-14-33/h8-10,13-14,29-30,32,34,39-41,43,47H,4,7,11-12,15-28H2,1-3,5-6H3,(H,49,51)(H,50,55). The minimum absolute atomic E-state index is 0.0158. The Bertz CT molecular complexity index is 1790. The first-order chi connectivity index (χ1) is 27.6. The number of ether oxygens (including phenoxy) is 2. The molecule has 7 rings (SSSR count). The Morgan fingerprint density at radius 3 is 2.68 bits per heavy atom. The molecule has 0 spiro atoms. The molecule has 5 heterocycles. The summed E-state index contributed by atoms with van der Waals surface area (Å²) < 4.78 is 11.5. The number of nitrogens with zero attached hydrogens (tertiary/aromatic N) is 4. The number of H-pyrrole nitrogens is 1. The number of imidazole rings is 1. The lowest BCUT2D eigenvalue weighted by molar-refractivity contribution is -0.133. The van der Waals surface area contributed by atoms with Crippen molar-refractivity contribution in [2.24, 2.45) is 22.7 Å². The molecule has 11 heteroatoms. The van der Waals surface area contributed by atoms with Gasteiger partial charge in [0.1, 0.15) is 12.0 Å². The zero-order valence-electron chi connectivity index (χ0n) is 35.2. The number of carbonyl (C=O) groups excluding carboxylic acids is 2. The number of aliphatic imine (C=N–C) groups is 1. The summed E-state index contributed by atoms with van der Waals surface area (Å²) in [4.78, 5) is 44.7. The van der Waals surface area contributed by atoms with Gasteiger partial charge in [0.2, 0.25) is 5.91 Å². The Labute approximate surface area is 340 Å². The minimum atomic E-state index is -0.358. The molecule has 1 aliphatic carbocycles. The summed E-state index contributed by atoms with van der Waals surface area (Å²) in [5.74, 6) is 1.94. The minimum Gasteiger partial charge on any atom is -0.453 e. The lowest BCUT2D eigenvalue weighted by Crippen LogP contribution is -2.52. The first-order valence-electron chi connectivity index (χ1n) is 21.9. The third kappa shape index (κ3) is 9.42. The molecule has 4 aliphatic heterocycles. The van der Waals surface area contributed by atoms with Gasteiger partial charge >= 0.3 is 6.09 Å². The second kappa shape index (κ2) is 18.9. The van der Waals surface area contributed by atoms with E-state index < -0.39 is 0 Å². The molecule has 8 unspecified atom stereocenters. The second-order valence-corrected chi connectivity index (χ2v) is 17.5. The van der Waals surface area contributed by atoms with Crippen molar-refractivity contribution in [3.63, 3.8) is 0 Å². The maximum Gasteiger partial charge on any atom is 0.407 e. The maximum atomic E-state index is 13.8. The van der Waals surface area contributed by atoms with E-state index in [1.807, 2.05) is 37.3 Å². The molecule has 11 nitrogen and oxygen atoms in total. The van der Waals surface area contributed by atoms with Crippen LogP contribution in [0, 0.1) is 17.8 Å². The Morgan fingerprint density at radius 2 is 1.89 bits per heavy atom. The van der Waals surface area contributed by atoms with E-state index in [0.717, 1.165) is 114 Å². The van der Waals surface area contributed by atoms with E-state index >= 15 is 0 Å². The van der Waals surface area contributed by atoms with Crippen molar-refractivity contribution in [1.82, 2.24) is 30.4 Å². The Balaban J connectivity index is 0.968. The number of hydrogen-bond acceptors (Lipinski definition) is 8. The number of amides is 2. The topological polar surface area (TPSA) is 124 Å². The summed E-state index contributed by atoms with van der Waals surface area (Å²) in [5.41, 5.74) is 8.60. The van der Waals surface area contributed by atoms with Crippen LogP contribution in [-0.4, -0.2) is 102 Å². The fourth-order valence-electron chi connectivity index (χ4n) is 9.94. The molecule has 2 fully saturated rings. The van der Waals surface area contributed by atoms with Gasteiger partial charge in [-0.1, -0.05) is 69.7 Å². The van der Waals surface area contributed by atoms with Gasteiger partial charge in [0.05, 0.1) is 38.0 Å². The van der Waals surface area contributed by atoms with Crippen LogP contribution in [0.3, 0.4) is 0 Å². The smallest absolute Gasteiger partial charge is 0.407 e. The molecule has 310 valence electrons. The number of rotatable bonds is 12. The lowest BCUT2D eigenvalue weighted by atomic mass is 9.81. The molecule has 2 amide bonds. The summed E-state index contributed by atoms with van der Waals surface area (Å²) >= 11 is 0. The SMILES string of the molecule is C=C1C(C)CCC2=C(CCc3[nH]c(C4CCCN4C(=O)C(C)c4ccccc4)nc32)COCC1CCC1=NC(C2CCCN2CC(NC(=O)OC)C(C)CC)NC1. The van der Waals surface area contributed by atoms with Crippen LogP contribution in [0.15, 0.2) is 53.0 Å². The molecule has 0 saturated carbocycles. The van der Waals surface area contributed by atoms with Crippen LogP contribution < -0.4 is 10.6 Å². The van der Waals surface area contributed by atoms with Gasteiger partial charge in [0, 0.05) is 49.0 Å². The zero-order valence-corrected chi connectivity index (χ0v) is 35.2. The van der Waals surface area contributed by atoms with Crippen LogP contribution in [0.4, 0.5) is 4.79 Å². The summed E-state index contributed by atoms with van der Waals surface area (Å²) in [7, 11) is 1.43. The number of aromatic nitrogens is 2. The number of fused-ring (bicyclic) bond motifs is 2. The van der Waals surface area contributed by atoms with E-state index in [9.17, 15) is 9.59 Å². The number of likely N-dealkylation sites (tertiary alicyclic amines) is 2. The number of allylic oxidation sites excluding steroid dienone is 1. The summed E-state index contributed by atoms with van der Waals surface area (Å²) in [6, 6.07) is 10.5. The molecule has 5 aliphatic rings. The van der Waals surface area contributed by atoms with E-state index in [0.29, 0.717) is 31.1 Å². The van der Waals surface area contributed by atoms with Crippen molar-refractivity contribution in [1.29, 1.82) is 0 Å². The highest BCUT2D eigenvalue weighted by Gasteiger charge is 2.38. The molecular formula is C46H67N7O4. The Hall–Kier alpha value is -3.80. The number of benzene rings is 1. The van der Waals surface area contributed by atoms with Gasteiger partial charge in [-0.3, -0.25) is 20.0 Å². The van der Waals surface area contributed by atoms with Crippen molar-refractivity contribution < 1.29 is 19.1 Å². The van der Waals surface area contributed by atoms with Crippen LogP contribution in [0.5, 0.6) is 0 Å². The molecule has 1 aromatic carbocycles. The van der Waals surface area contributed by atoms with Crippen LogP contribution in [0.2, 0.25) is 0 Å². The van der Waals surface area contributed by atoms with Gasteiger partial charge in [-0.05, 0) is 106 Å². The van der Waals surface area contributed by atoms with Crippen molar-refractivity contribution in [2.45, 2.75) is 129 Å². The second-order valence-electron chi connectivity index (χ2n) is 17.5. The van der Waals surface area contributed by atoms with Crippen LogP contribution >= 0.6 is 0 Å². The summed E-state index contributed by atoms with van der Waals surface area (Å²) in [6.07, 6.45) is 10.7. The number of alkyl carbamates (subject to hydrolysis) is 1. The molecule has 0 radical (unpaired) electrons. The van der Waals surface area contributed by atoms with E-state index in [2.05, 4.69) is 52.8 Å². The molecule has 2 aromatic rings. The predicted octanol–water partition coefficient (Wildman–Crippen LogP) is 7.58. The van der Waals surface area contributed by atoms with Gasteiger partial charge in [-0.15, -0.1) is 0 Å². The molecule has 0 bridgehead atoms. The number of nitrogens with one attached hydrogen (secondary N) is 3. The summed E-state index contributed by atoms with van der Waals surface area (Å²) in [6.45, 7) is 18.1. The first kappa shape index (κ1) is 41.4. The molecule has 1 aromatic heterocycles. The van der Waals surface area contributed by atoms with E-state index in [1.165, 1.54) is 35.2 Å². The van der Waals surface area contributed by atoms with Gasteiger partial charge in [0.15, 0.2) is 0 Å². The number of hydrogen-bond donors (Lipinski definition) is 3. The van der Waals surface area contributed by atoms with Gasteiger partial charge in [-0.2, -0.15) is 0 Å². The quantitative estimate of drug-likeness (QED) is 0.190. The predicted molar refractivity (Wildman–Crippen MR) is 226 cm³/mol. The van der Waals surface area contributed by atoms with Crippen molar-refractivity contribution in [3.05, 3.63) is 70.8 Å². The fraction of sp³-hybridized carbons (Fsp3) is 0.652. The third-order valence-corrected chi connectivity index (χ3v) is 13.9. The van der Waals surface area contributed by atoms with Gasteiger partial charge < -0.3 is 24.7 Å². The third-order valence-electron chi connectivity index (χ3n) is 13.9. The lowest BCUT2D eigenvalue weighted by Gasteiger charge is -2.33. The van der Waals surface area contributed by atoms with Crippen molar-refractivity contribution in [3.8, 4) is 0 Å². The Kier molecular flexibility index (Phi) is 13.7. The van der Waals surface area contributed by atoms with Crippen molar-refractivity contribution in [2.75, 3.05) is 46.5 Å². The molecule has 2 saturated heterocycles. The van der Waals surface area contributed by atoms with Gasteiger partial charge in [-0.25, -0.2) is 9.78 Å².